The zero-order valence-corrected chi connectivity index (χ0v) is 21.0. The Kier molecular flexibility index (Phi) is 10.6. The van der Waals surface area contributed by atoms with E-state index >= 15 is 0 Å². The summed E-state index contributed by atoms with van der Waals surface area (Å²) in [5.74, 6) is 0.759. The predicted octanol–water partition coefficient (Wildman–Crippen LogP) is 7.75. The quantitative estimate of drug-likeness (QED) is 0.273. The number of hydrogen-bond acceptors (Lipinski definition) is 1. The van der Waals surface area contributed by atoms with Crippen LogP contribution in [0.25, 0.3) is 0 Å². The average Bonchev–Trinajstić information content (AvgIpc) is 2.72. The maximum Gasteiger partial charge on any atom is 0.138 e. The molecule has 0 aliphatic rings. The Balaban J connectivity index is 0.000000500. The zero-order valence-electron chi connectivity index (χ0n) is 16.2. The molecule has 1 radical (unpaired) electrons. The molecule has 0 heterocycles. The first-order valence-electron chi connectivity index (χ1n) is 9.36. The van der Waals surface area contributed by atoms with Gasteiger partial charge in [0.15, 0.2) is 0 Å². The first-order chi connectivity index (χ1) is 13.6. The van der Waals surface area contributed by atoms with E-state index in [4.69, 9.17) is 28.2 Å². The summed E-state index contributed by atoms with van der Waals surface area (Å²) >= 11 is 12.0. The summed E-state index contributed by atoms with van der Waals surface area (Å²) in [6.45, 7) is 4.59. The van der Waals surface area contributed by atoms with Gasteiger partial charge in [0.1, 0.15) is 5.84 Å². The second kappa shape index (κ2) is 12.9. The minimum absolute atomic E-state index is 0.0800. The third kappa shape index (κ3) is 8.30. The number of rotatable bonds is 5. The number of aliphatic imine (C=N–C) groups is 1. The molecule has 143 valence electrons. The van der Waals surface area contributed by atoms with E-state index in [9.17, 15) is 0 Å². The standard InChI is InChI=1S/C19H14Cl2N2.2C2H5.In/c20-15-6-10-17(11-7-15)22-19(14-4-2-1-3-5-14)23-18-12-8-16(21)9-13-18;2*1-2;/h1-13H,(H,22,23);2*1H2,2H3;. The van der Waals surface area contributed by atoms with Crippen LogP contribution in [0.4, 0.5) is 11.4 Å². The number of benzene rings is 3. The fourth-order valence-corrected chi connectivity index (χ4v) is 4.26. The summed E-state index contributed by atoms with van der Waals surface area (Å²) in [6.07, 6.45) is 0. The first-order valence-corrected chi connectivity index (χ1v) is 14.8. The molecule has 2 nitrogen and oxygen atoms in total. The van der Waals surface area contributed by atoms with E-state index in [1.165, 1.54) is 8.35 Å². The Morgan fingerprint density at radius 3 is 1.82 bits per heavy atom. The van der Waals surface area contributed by atoms with Crippen LogP contribution < -0.4 is 5.32 Å². The molecule has 0 saturated carbocycles. The molecule has 0 aliphatic heterocycles. The van der Waals surface area contributed by atoms with Crippen LogP contribution in [0.15, 0.2) is 83.9 Å². The fourth-order valence-electron chi connectivity index (χ4n) is 2.36. The molecule has 0 aliphatic carbocycles. The molecule has 0 amide bonds. The average molecular weight is 514 g/mol. The number of nitrogens with zero attached hydrogens (tertiary/aromatic N) is 1. The Morgan fingerprint density at radius 2 is 1.32 bits per heavy atom. The molecule has 3 rings (SSSR count). The van der Waals surface area contributed by atoms with E-state index in [1.807, 2.05) is 78.9 Å². The molecule has 0 saturated heterocycles. The summed E-state index contributed by atoms with van der Waals surface area (Å²) in [4.78, 5) is 4.70. The minimum atomic E-state index is 0.0800. The number of nitrogens with one attached hydrogen (secondary N) is 1. The summed E-state index contributed by atoms with van der Waals surface area (Å²) in [7, 11) is 0. The molecular weight excluding hydrogens is 490 g/mol. The fraction of sp³-hybridized carbons (Fsp3) is 0.174. The van der Waals surface area contributed by atoms with Crippen LogP contribution in [0.1, 0.15) is 19.4 Å². The Hall–Kier alpha value is -1.42. The molecular formula is C23H24Cl2InN2. The first kappa shape index (κ1) is 22.9. The van der Waals surface area contributed by atoms with Gasteiger partial charge in [0.05, 0.1) is 5.69 Å². The van der Waals surface area contributed by atoms with Crippen LogP contribution in [0.2, 0.25) is 18.4 Å². The number of amidine groups is 1. The molecule has 0 unspecified atom stereocenters. The molecule has 0 bridgehead atoms. The second-order valence-electron chi connectivity index (χ2n) is 6.04. The van der Waals surface area contributed by atoms with Gasteiger partial charge < -0.3 is 5.32 Å². The van der Waals surface area contributed by atoms with Crippen molar-refractivity contribution in [2.75, 3.05) is 5.32 Å². The summed E-state index contributed by atoms with van der Waals surface area (Å²) in [5, 5.41) is 4.74. The Morgan fingerprint density at radius 1 is 0.786 bits per heavy atom. The molecule has 5 heteroatoms. The van der Waals surface area contributed by atoms with Crippen molar-refractivity contribution in [3.8, 4) is 0 Å². The van der Waals surface area contributed by atoms with Gasteiger partial charge in [-0.05, 0) is 48.5 Å². The van der Waals surface area contributed by atoms with E-state index in [2.05, 4.69) is 19.2 Å². The predicted molar refractivity (Wildman–Crippen MR) is 126 cm³/mol. The van der Waals surface area contributed by atoms with Crippen molar-refractivity contribution in [1.29, 1.82) is 0 Å². The topological polar surface area (TPSA) is 24.4 Å². The molecule has 28 heavy (non-hydrogen) atoms. The van der Waals surface area contributed by atoms with Crippen LogP contribution in [0.5, 0.6) is 0 Å². The van der Waals surface area contributed by atoms with Crippen molar-refractivity contribution in [3.05, 3.63) is 94.5 Å². The molecule has 0 atom stereocenters. The second-order valence-corrected chi connectivity index (χ2v) is 13.2. The van der Waals surface area contributed by atoms with Crippen LogP contribution in [0, 0.1) is 0 Å². The summed E-state index contributed by atoms with van der Waals surface area (Å²) < 4.78 is 3.07. The van der Waals surface area contributed by atoms with Crippen molar-refractivity contribution in [2.45, 2.75) is 22.2 Å². The molecule has 0 fully saturated rings. The van der Waals surface area contributed by atoms with Gasteiger partial charge in [-0.15, -0.1) is 0 Å². The summed E-state index contributed by atoms with van der Waals surface area (Å²) in [5.41, 5.74) is 2.75. The minimum Gasteiger partial charge on any atom is -0.340 e. The molecule has 3 aromatic carbocycles. The van der Waals surface area contributed by atoms with Crippen molar-refractivity contribution in [3.63, 3.8) is 0 Å². The van der Waals surface area contributed by atoms with Crippen molar-refractivity contribution in [2.24, 2.45) is 4.99 Å². The number of hydrogen-bond donors (Lipinski definition) is 1. The van der Waals surface area contributed by atoms with Crippen molar-refractivity contribution >= 4 is 63.3 Å². The maximum atomic E-state index is 5.94. The smallest absolute Gasteiger partial charge is 0.138 e. The van der Waals surface area contributed by atoms with Crippen LogP contribution in [-0.2, 0) is 0 Å². The zero-order chi connectivity index (χ0) is 20.2. The van der Waals surface area contributed by atoms with Gasteiger partial charge in [0.2, 0.25) is 0 Å². The third-order valence-corrected chi connectivity index (χ3v) is 7.60. The molecule has 0 spiro atoms. The van der Waals surface area contributed by atoms with E-state index in [1.54, 1.807) is 0 Å². The van der Waals surface area contributed by atoms with Gasteiger partial charge in [0, 0.05) is 21.3 Å². The van der Waals surface area contributed by atoms with Crippen LogP contribution in [-0.4, -0.2) is 28.7 Å². The molecule has 3 aromatic rings. The molecule has 1 N–H and O–H groups in total. The normalized spacial score (nSPS) is 10.6. The summed E-state index contributed by atoms with van der Waals surface area (Å²) in [6, 6.07) is 24.9. The monoisotopic (exact) mass is 513 g/mol. The van der Waals surface area contributed by atoms with Gasteiger partial charge in [0.25, 0.3) is 0 Å². The van der Waals surface area contributed by atoms with E-state index in [0.717, 1.165) is 22.8 Å². The number of halogens is 2. The van der Waals surface area contributed by atoms with Crippen molar-refractivity contribution in [1.82, 2.24) is 0 Å². The van der Waals surface area contributed by atoms with E-state index in [-0.39, 0.29) is 22.9 Å². The Labute approximate surface area is 189 Å². The largest absolute Gasteiger partial charge is 0.340 e. The van der Waals surface area contributed by atoms with Gasteiger partial charge >= 0.3 is 45.1 Å². The number of anilines is 1. The molecule has 0 aromatic heterocycles. The third-order valence-electron chi connectivity index (χ3n) is 3.80. The van der Waals surface area contributed by atoms with Crippen LogP contribution >= 0.6 is 23.2 Å². The Bertz CT molecular complexity index is 846. The SMILES string of the molecule is C[CH2][In][CH2]C.Clc1ccc(N=C(Nc2ccc(Cl)cc2)c2ccccc2)cc1. The maximum absolute atomic E-state index is 5.94. The van der Waals surface area contributed by atoms with Gasteiger partial charge in [-0.1, -0.05) is 53.5 Å². The van der Waals surface area contributed by atoms with Gasteiger partial charge in [-0.25, -0.2) is 4.99 Å². The van der Waals surface area contributed by atoms with Crippen molar-refractivity contribution < 1.29 is 0 Å². The van der Waals surface area contributed by atoms with E-state index in [0.29, 0.717) is 10.0 Å². The van der Waals surface area contributed by atoms with Crippen LogP contribution in [0.3, 0.4) is 0 Å². The van der Waals surface area contributed by atoms with Gasteiger partial charge in [-0.2, -0.15) is 0 Å². The van der Waals surface area contributed by atoms with Gasteiger partial charge in [-0.3, -0.25) is 0 Å². The van der Waals surface area contributed by atoms with E-state index < -0.39 is 0 Å².